The summed E-state index contributed by atoms with van der Waals surface area (Å²) in [6.07, 6.45) is 8.67. The van der Waals surface area contributed by atoms with Crippen LogP contribution in [0.1, 0.15) is 89.7 Å². The van der Waals surface area contributed by atoms with Crippen LogP contribution >= 0.6 is 0 Å². The molecule has 0 amide bonds. The standard InChI is InChI=1S/C25H34N6O3S.C24H29F3N6O3S/c1-4-12-35(32,33)31-22-11-10-21(24(29-22)34-3)17-13-16(5-2)23-18(14-17)15-27-25(30-23)28-20-8-6-19(26)7-9-20;1-3-14-10-15(11-16-12-29-23(32-21(14)16)30-18-6-4-17(28)5-7-18)19-8-9-20(31-22(19)36-2)33-37(34,35)13-24(25,26)27/h10-11,13-15,19-20H,4-9,12,26H2,1-3H3,(H,29,31)(H,27,28,30);8-12,17-18H,3-7,13,28H2,1-2H3,(H,31,33)(H,29,30,32). The lowest BCUT2D eigenvalue weighted by Crippen LogP contribution is -2.33. The molecule has 0 saturated heterocycles. The smallest absolute Gasteiger partial charge is 0.404 e. The maximum absolute atomic E-state index is 12.6. The SMILES string of the molecule is CCCS(=O)(=O)Nc1ccc(-c2cc(CC)c3nc(NC4CCC(N)CC4)ncc3c2)c(OC)n1.CCc1cc(-c2ccc(NS(=O)(=O)CC(F)(F)F)nc2OC)cc2cnc(NC3CCC(N)CC3)nc12. The minimum atomic E-state index is -4.88. The van der Waals surface area contributed by atoms with E-state index in [1.54, 1.807) is 18.3 Å². The molecule has 0 spiro atoms. The van der Waals surface area contributed by atoms with Crippen LogP contribution in [0, 0.1) is 0 Å². The number of halogens is 3. The van der Waals surface area contributed by atoms with Gasteiger partial charge in [0.05, 0.1) is 31.0 Å². The Hall–Kier alpha value is -6.17. The van der Waals surface area contributed by atoms with E-state index in [0.29, 0.717) is 48.3 Å². The summed E-state index contributed by atoms with van der Waals surface area (Å²) in [4.78, 5) is 27.1. The predicted molar refractivity (Wildman–Crippen MR) is 276 cm³/mol. The van der Waals surface area contributed by atoms with Crippen molar-refractivity contribution in [3.8, 4) is 34.0 Å². The Kier molecular flexibility index (Phi) is 17.2. The number of nitrogens with one attached hydrogen (secondary N) is 4. The molecular formula is C49H63F3N12O6S2. The molecule has 6 aromatic rings. The largest absolute Gasteiger partial charge is 0.480 e. The maximum Gasteiger partial charge on any atom is 0.404 e. The Morgan fingerprint density at radius 3 is 1.40 bits per heavy atom. The Morgan fingerprint density at radius 2 is 1.03 bits per heavy atom. The first-order chi connectivity index (χ1) is 34.3. The van der Waals surface area contributed by atoms with Crippen molar-refractivity contribution in [1.29, 1.82) is 0 Å². The van der Waals surface area contributed by atoms with Gasteiger partial charge in [-0.15, -0.1) is 0 Å². The molecule has 72 heavy (non-hydrogen) atoms. The van der Waals surface area contributed by atoms with Crippen LogP contribution in [0.25, 0.3) is 44.1 Å². The van der Waals surface area contributed by atoms with Crippen molar-refractivity contribution < 1.29 is 39.5 Å². The molecule has 8 rings (SSSR count). The first-order valence-electron chi connectivity index (χ1n) is 24.1. The lowest BCUT2D eigenvalue weighted by atomic mass is 9.92. The van der Waals surface area contributed by atoms with Crippen LogP contribution in [-0.2, 0) is 32.9 Å². The highest BCUT2D eigenvalue weighted by Crippen LogP contribution is 2.36. The number of hydrogen-bond acceptors (Lipinski definition) is 16. The second-order valence-electron chi connectivity index (χ2n) is 18.2. The second-order valence-corrected chi connectivity index (χ2v) is 21.7. The Bertz CT molecular complexity index is 3080. The molecular weight excluding hydrogens is 974 g/mol. The highest BCUT2D eigenvalue weighted by atomic mass is 32.2. The van der Waals surface area contributed by atoms with Crippen molar-refractivity contribution in [3.63, 3.8) is 0 Å². The third-order valence-electron chi connectivity index (χ3n) is 12.6. The number of methoxy groups -OCH3 is 2. The summed E-state index contributed by atoms with van der Waals surface area (Å²) in [7, 11) is -5.24. The van der Waals surface area contributed by atoms with E-state index in [4.69, 9.17) is 30.9 Å². The fourth-order valence-corrected chi connectivity index (χ4v) is 11.0. The Labute approximate surface area is 418 Å². The van der Waals surface area contributed by atoms with E-state index in [1.165, 1.54) is 20.3 Å². The van der Waals surface area contributed by atoms with Crippen LogP contribution in [0.5, 0.6) is 11.8 Å². The van der Waals surface area contributed by atoms with Crippen molar-refractivity contribution in [2.45, 2.75) is 122 Å². The molecule has 2 saturated carbocycles. The molecule has 18 nitrogen and oxygen atoms in total. The average molecular weight is 1040 g/mol. The van der Waals surface area contributed by atoms with E-state index in [-0.39, 0.29) is 35.4 Å². The first-order valence-corrected chi connectivity index (χ1v) is 27.4. The van der Waals surface area contributed by atoms with E-state index >= 15 is 0 Å². The number of anilines is 4. The van der Waals surface area contributed by atoms with E-state index in [1.807, 2.05) is 49.0 Å². The number of sulfonamides is 2. The zero-order valence-electron chi connectivity index (χ0n) is 41.0. The van der Waals surface area contributed by atoms with Gasteiger partial charge < -0.3 is 31.6 Å². The number of rotatable bonds is 17. The number of benzene rings is 2. The molecule has 2 aliphatic rings. The summed E-state index contributed by atoms with van der Waals surface area (Å²) in [6, 6.07) is 15.4. The van der Waals surface area contributed by atoms with Crippen molar-refractivity contribution in [2.24, 2.45) is 11.5 Å². The van der Waals surface area contributed by atoms with Crippen LogP contribution in [0.4, 0.5) is 36.7 Å². The zero-order valence-corrected chi connectivity index (χ0v) is 42.6. The third kappa shape index (κ3) is 14.1. The fraction of sp³-hybridized carbons (Fsp3) is 0.469. The van der Waals surface area contributed by atoms with E-state index in [0.717, 1.165) is 107 Å². The number of aromatic nitrogens is 6. The normalized spacial score (nSPS) is 18.5. The van der Waals surface area contributed by atoms with Gasteiger partial charge in [-0.2, -0.15) is 23.1 Å². The van der Waals surface area contributed by atoms with Gasteiger partial charge in [-0.1, -0.05) is 20.8 Å². The van der Waals surface area contributed by atoms with Crippen LogP contribution < -0.4 is 41.0 Å². The Balaban J connectivity index is 0.000000212. The molecule has 4 aromatic heterocycles. The molecule has 0 aliphatic heterocycles. The maximum atomic E-state index is 12.6. The summed E-state index contributed by atoms with van der Waals surface area (Å²) in [5.74, 6) is -0.410. The number of aryl methyl sites for hydroxylation is 2. The van der Waals surface area contributed by atoms with Gasteiger partial charge in [-0.25, -0.2) is 36.8 Å². The van der Waals surface area contributed by atoms with E-state index in [9.17, 15) is 30.0 Å². The van der Waals surface area contributed by atoms with Crippen molar-refractivity contribution in [1.82, 2.24) is 29.9 Å². The highest BCUT2D eigenvalue weighted by molar-refractivity contribution is 7.93. The summed E-state index contributed by atoms with van der Waals surface area (Å²) in [6.45, 7) is 5.91. The quantitative estimate of drug-likeness (QED) is 0.0501. The number of fused-ring (bicyclic) bond motifs is 2. The number of pyridine rings is 2. The minimum absolute atomic E-state index is 0.0361. The molecule has 388 valence electrons. The van der Waals surface area contributed by atoms with Gasteiger partial charge in [0.25, 0.3) is 0 Å². The highest BCUT2D eigenvalue weighted by Gasteiger charge is 2.35. The van der Waals surface area contributed by atoms with Gasteiger partial charge in [0.15, 0.2) is 5.75 Å². The molecule has 4 heterocycles. The number of alkyl halides is 3. The minimum Gasteiger partial charge on any atom is -0.480 e. The molecule has 2 fully saturated rings. The zero-order chi connectivity index (χ0) is 51.8. The molecule has 23 heteroatoms. The van der Waals surface area contributed by atoms with Crippen LogP contribution in [-0.4, -0.2) is 103 Å². The van der Waals surface area contributed by atoms with Gasteiger partial charge in [0.2, 0.25) is 43.7 Å². The van der Waals surface area contributed by atoms with Gasteiger partial charge in [0.1, 0.15) is 11.6 Å². The van der Waals surface area contributed by atoms with Gasteiger partial charge in [-0.3, -0.25) is 9.44 Å². The summed E-state index contributed by atoms with van der Waals surface area (Å²) < 4.78 is 101. The molecule has 0 bridgehead atoms. The second kappa shape index (κ2) is 23.1. The van der Waals surface area contributed by atoms with Gasteiger partial charge in [-0.05, 0) is 141 Å². The number of nitrogens with two attached hydrogens (primary N) is 2. The van der Waals surface area contributed by atoms with E-state index < -0.39 is 32.0 Å². The average Bonchev–Trinajstić information content (AvgIpc) is 3.33. The first kappa shape index (κ1) is 53.6. The topological polar surface area (TPSA) is 264 Å². The third-order valence-corrected chi connectivity index (χ3v) is 15.3. The monoisotopic (exact) mass is 1040 g/mol. The summed E-state index contributed by atoms with van der Waals surface area (Å²) in [5.41, 5.74) is 18.7. The number of ether oxygens (including phenoxy) is 2. The number of hydrogen-bond donors (Lipinski definition) is 6. The van der Waals surface area contributed by atoms with Crippen LogP contribution in [0.15, 0.2) is 60.9 Å². The van der Waals surface area contributed by atoms with E-state index in [2.05, 4.69) is 48.3 Å². The molecule has 2 aliphatic carbocycles. The van der Waals surface area contributed by atoms with Crippen molar-refractivity contribution in [2.75, 3.05) is 45.8 Å². The summed E-state index contributed by atoms with van der Waals surface area (Å²) >= 11 is 0. The van der Waals surface area contributed by atoms with Crippen molar-refractivity contribution >= 4 is 65.4 Å². The predicted octanol–water partition coefficient (Wildman–Crippen LogP) is 8.34. The van der Waals surface area contributed by atoms with Crippen molar-refractivity contribution in [3.05, 3.63) is 72.1 Å². The van der Waals surface area contributed by atoms with Gasteiger partial charge in [0, 0.05) is 58.5 Å². The molecule has 0 unspecified atom stereocenters. The van der Waals surface area contributed by atoms with Crippen LogP contribution in [0.3, 0.4) is 0 Å². The number of nitrogens with zero attached hydrogens (tertiary/aromatic N) is 6. The fourth-order valence-electron chi connectivity index (χ4n) is 8.95. The lowest BCUT2D eigenvalue weighted by Gasteiger charge is -2.26. The van der Waals surface area contributed by atoms with Gasteiger partial charge >= 0.3 is 6.18 Å². The lowest BCUT2D eigenvalue weighted by molar-refractivity contribution is -0.106. The summed E-state index contributed by atoms with van der Waals surface area (Å²) in [5, 5.41) is 8.61. The van der Waals surface area contributed by atoms with Crippen LogP contribution in [0.2, 0.25) is 0 Å². The molecule has 0 atom stereocenters. The Morgan fingerprint density at radius 1 is 0.611 bits per heavy atom. The molecule has 0 radical (unpaired) electrons. The molecule has 8 N–H and O–H groups in total. The molecule has 2 aromatic carbocycles.